The summed E-state index contributed by atoms with van der Waals surface area (Å²) in [5, 5.41) is 0. The van der Waals surface area contributed by atoms with Crippen LogP contribution < -0.4 is 4.74 Å². The molecule has 0 heterocycles. The highest BCUT2D eigenvalue weighted by atomic mass is 16.5. The molecular formula is C21H25NO4. The molecule has 0 N–H and O–H groups in total. The third kappa shape index (κ3) is 5.92. The van der Waals surface area contributed by atoms with E-state index in [4.69, 9.17) is 9.47 Å². The van der Waals surface area contributed by atoms with Gasteiger partial charge in [0.2, 0.25) is 0 Å². The number of amides is 1. The maximum atomic E-state index is 12.6. The summed E-state index contributed by atoms with van der Waals surface area (Å²) in [6.07, 6.45) is 0. The van der Waals surface area contributed by atoms with Crippen molar-refractivity contribution in [2.75, 3.05) is 19.8 Å². The average molecular weight is 355 g/mol. The lowest BCUT2D eigenvalue weighted by atomic mass is 10.1. The molecule has 0 aromatic heterocycles. The topological polar surface area (TPSA) is 55.8 Å². The van der Waals surface area contributed by atoms with Gasteiger partial charge < -0.3 is 14.4 Å². The van der Waals surface area contributed by atoms with E-state index in [0.717, 1.165) is 16.7 Å². The van der Waals surface area contributed by atoms with E-state index >= 15 is 0 Å². The molecule has 0 aliphatic carbocycles. The molecule has 2 aromatic rings. The number of aryl methyl sites for hydroxylation is 2. The summed E-state index contributed by atoms with van der Waals surface area (Å²) >= 11 is 0. The van der Waals surface area contributed by atoms with Gasteiger partial charge in [-0.15, -0.1) is 0 Å². The zero-order valence-corrected chi connectivity index (χ0v) is 15.5. The minimum atomic E-state index is -0.428. The van der Waals surface area contributed by atoms with Gasteiger partial charge in [-0.1, -0.05) is 48.0 Å². The average Bonchev–Trinajstić information content (AvgIpc) is 2.61. The molecule has 26 heavy (non-hydrogen) atoms. The fraction of sp³-hybridized carbons (Fsp3) is 0.333. The van der Waals surface area contributed by atoms with Crippen LogP contribution in [0.2, 0.25) is 0 Å². The van der Waals surface area contributed by atoms with Crippen molar-refractivity contribution in [2.45, 2.75) is 27.3 Å². The first-order chi connectivity index (χ1) is 12.5. The van der Waals surface area contributed by atoms with Crippen LogP contribution in [-0.2, 0) is 20.9 Å². The largest absolute Gasteiger partial charge is 0.483 e. The zero-order chi connectivity index (χ0) is 18.9. The van der Waals surface area contributed by atoms with Crippen LogP contribution in [0, 0.1) is 13.8 Å². The van der Waals surface area contributed by atoms with Gasteiger partial charge in [0.15, 0.2) is 6.61 Å². The van der Waals surface area contributed by atoms with Crippen molar-refractivity contribution < 1.29 is 19.1 Å². The number of hydrogen-bond donors (Lipinski definition) is 0. The third-order valence-electron chi connectivity index (χ3n) is 3.88. The number of nitrogens with zero attached hydrogens (tertiary/aromatic N) is 1. The van der Waals surface area contributed by atoms with Gasteiger partial charge in [-0.25, -0.2) is 0 Å². The molecule has 5 heteroatoms. The molecule has 0 atom stereocenters. The lowest BCUT2D eigenvalue weighted by Gasteiger charge is -2.22. The molecule has 0 saturated carbocycles. The lowest BCUT2D eigenvalue weighted by molar-refractivity contribution is -0.150. The number of hydrogen-bond acceptors (Lipinski definition) is 4. The zero-order valence-electron chi connectivity index (χ0n) is 15.5. The van der Waals surface area contributed by atoms with Crippen molar-refractivity contribution in [1.82, 2.24) is 4.90 Å². The quantitative estimate of drug-likeness (QED) is 0.682. The molecule has 0 fully saturated rings. The third-order valence-corrected chi connectivity index (χ3v) is 3.88. The number of benzene rings is 2. The van der Waals surface area contributed by atoms with Gasteiger partial charge in [0.25, 0.3) is 5.91 Å². The Labute approximate surface area is 154 Å². The van der Waals surface area contributed by atoms with E-state index in [1.54, 1.807) is 6.92 Å². The molecule has 5 nitrogen and oxygen atoms in total. The Balaban J connectivity index is 2.04. The Morgan fingerprint density at radius 1 is 1.04 bits per heavy atom. The van der Waals surface area contributed by atoms with Gasteiger partial charge in [0, 0.05) is 6.54 Å². The van der Waals surface area contributed by atoms with Gasteiger partial charge in [-0.05, 0) is 38.0 Å². The number of ether oxygens (including phenoxy) is 2. The molecule has 138 valence electrons. The minimum Gasteiger partial charge on any atom is -0.483 e. The summed E-state index contributed by atoms with van der Waals surface area (Å²) in [5.41, 5.74) is 3.05. The van der Waals surface area contributed by atoms with Crippen molar-refractivity contribution in [3.8, 4) is 5.75 Å². The lowest BCUT2D eigenvalue weighted by Crippen LogP contribution is -2.39. The molecule has 0 bridgehead atoms. The molecule has 2 aromatic carbocycles. The molecule has 2 rings (SSSR count). The maximum Gasteiger partial charge on any atom is 0.325 e. The first kappa shape index (κ1) is 19.5. The Morgan fingerprint density at radius 3 is 2.42 bits per heavy atom. The normalized spacial score (nSPS) is 10.3. The first-order valence-electron chi connectivity index (χ1n) is 8.67. The second-order valence-electron chi connectivity index (χ2n) is 6.10. The highest BCUT2D eigenvalue weighted by Crippen LogP contribution is 2.18. The number of carbonyl (C=O) groups excluding carboxylic acids is 2. The van der Waals surface area contributed by atoms with Crippen LogP contribution in [0.3, 0.4) is 0 Å². The fourth-order valence-corrected chi connectivity index (χ4v) is 2.59. The molecular weight excluding hydrogens is 330 g/mol. The van der Waals surface area contributed by atoms with E-state index in [1.807, 2.05) is 62.4 Å². The molecule has 0 aliphatic rings. The van der Waals surface area contributed by atoms with Crippen molar-refractivity contribution in [2.24, 2.45) is 0 Å². The molecule has 0 radical (unpaired) electrons. The summed E-state index contributed by atoms with van der Waals surface area (Å²) < 4.78 is 10.7. The highest BCUT2D eigenvalue weighted by Gasteiger charge is 2.19. The van der Waals surface area contributed by atoms with Crippen LogP contribution in [0.5, 0.6) is 5.75 Å². The predicted molar refractivity (Wildman–Crippen MR) is 99.9 cm³/mol. The summed E-state index contributed by atoms with van der Waals surface area (Å²) in [5.74, 6) is -0.0232. The Bertz CT molecular complexity index is 743. The molecule has 0 aliphatic heterocycles. The van der Waals surface area contributed by atoms with Crippen molar-refractivity contribution in [3.05, 3.63) is 65.2 Å². The summed E-state index contributed by atoms with van der Waals surface area (Å²) in [6, 6.07) is 15.3. The van der Waals surface area contributed by atoms with Gasteiger partial charge in [0.05, 0.1) is 6.61 Å². The van der Waals surface area contributed by atoms with Crippen LogP contribution in [0.1, 0.15) is 23.6 Å². The van der Waals surface area contributed by atoms with Gasteiger partial charge >= 0.3 is 5.97 Å². The molecule has 1 amide bonds. The molecule has 0 saturated heterocycles. The molecule has 0 unspecified atom stereocenters. The standard InChI is InChI=1S/C21H25NO4/c1-4-25-21(24)14-22(13-18-8-6-5-7-9-18)20(23)15-26-19-11-10-16(2)12-17(19)3/h5-12H,4,13-15H2,1-3H3. The summed E-state index contributed by atoms with van der Waals surface area (Å²) in [6.45, 7) is 6.06. The van der Waals surface area contributed by atoms with Gasteiger partial charge in [0.1, 0.15) is 12.3 Å². The predicted octanol–water partition coefficient (Wildman–Crippen LogP) is 3.27. The number of esters is 1. The second-order valence-corrected chi connectivity index (χ2v) is 6.10. The SMILES string of the molecule is CCOC(=O)CN(Cc1ccccc1)C(=O)COc1ccc(C)cc1C. The summed E-state index contributed by atoms with van der Waals surface area (Å²) in [4.78, 5) is 25.9. The number of rotatable bonds is 8. The van der Waals surface area contributed by atoms with E-state index in [0.29, 0.717) is 12.3 Å². The Kier molecular flexibility index (Phi) is 7.21. The minimum absolute atomic E-state index is 0.0994. The van der Waals surface area contributed by atoms with Gasteiger partial charge in [-0.3, -0.25) is 9.59 Å². The Hall–Kier alpha value is -2.82. The van der Waals surface area contributed by atoms with E-state index in [-0.39, 0.29) is 25.7 Å². The fourth-order valence-electron chi connectivity index (χ4n) is 2.59. The van der Waals surface area contributed by atoms with Crippen LogP contribution >= 0.6 is 0 Å². The molecule has 0 spiro atoms. The highest BCUT2D eigenvalue weighted by molar-refractivity contribution is 5.83. The van der Waals surface area contributed by atoms with Crippen molar-refractivity contribution in [3.63, 3.8) is 0 Å². The monoisotopic (exact) mass is 355 g/mol. The van der Waals surface area contributed by atoms with Crippen LogP contribution in [-0.4, -0.2) is 36.5 Å². The van der Waals surface area contributed by atoms with Crippen LogP contribution in [0.15, 0.2) is 48.5 Å². The summed E-state index contributed by atoms with van der Waals surface area (Å²) in [7, 11) is 0. The van der Waals surface area contributed by atoms with E-state index < -0.39 is 5.97 Å². The van der Waals surface area contributed by atoms with Crippen LogP contribution in [0.25, 0.3) is 0 Å². The second kappa shape index (κ2) is 9.61. The van der Waals surface area contributed by atoms with E-state index in [9.17, 15) is 9.59 Å². The van der Waals surface area contributed by atoms with Crippen molar-refractivity contribution in [1.29, 1.82) is 0 Å². The Morgan fingerprint density at radius 2 is 1.77 bits per heavy atom. The van der Waals surface area contributed by atoms with Gasteiger partial charge in [-0.2, -0.15) is 0 Å². The smallest absolute Gasteiger partial charge is 0.325 e. The van der Waals surface area contributed by atoms with E-state index in [2.05, 4.69) is 0 Å². The van der Waals surface area contributed by atoms with E-state index in [1.165, 1.54) is 4.90 Å². The maximum absolute atomic E-state index is 12.6. The number of carbonyl (C=O) groups is 2. The van der Waals surface area contributed by atoms with Crippen LogP contribution in [0.4, 0.5) is 0 Å². The van der Waals surface area contributed by atoms with Crippen molar-refractivity contribution >= 4 is 11.9 Å². The first-order valence-corrected chi connectivity index (χ1v) is 8.67.